The molecule has 0 spiro atoms. The van der Waals surface area contributed by atoms with Crippen molar-refractivity contribution in [2.24, 2.45) is 0 Å². The van der Waals surface area contributed by atoms with E-state index in [1.165, 1.54) is 13.1 Å². The zero-order valence-corrected chi connectivity index (χ0v) is 12.2. The lowest BCUT2D eigenvalue weighted by Gasteiger charge is -2.09. The van der Waals surface area contributed by atoms with E-state index in [0.29, 0.717) is 16.5 Å². The van der Waals surface area contributed by atoms with Gasteiger partial charge in [0.05, 0.1) is 5.69 Å². The van der Waals surface area contributed by atoms with Gasteiger partial charge in [0.1, 0.15) is 17.1 Å². The van der Waals surface area contributed by atoms with Gasteiger partial charge in [0.25, 0.3) is 5.91 Å². The summed E-state index contributed by atoms with van der Waals surface area (Å²) in [6.45, 7) is 1.54. The minimum atomic E-state index is -0.751. The van der Waals surface area contributed by atoms with Gasteiger partial charge in [-0.25, -0.2) is 4.39 Å². The molecule has 1 heterocycles. The van der Waals surface area contributed by atoms with Crippen molar-refractivity contribution in [1.82, 2.24) is 4.98 Å². The van der Waals surface area contributed by atoms with Crippen molar-refractivity contribution in [3.05, 3.63) is 69.8 Å². The second-order valence-corrected chi connectivity index (χ2v) is 5.15. The number of fused-ring (bicyclic) bond motifs is 1. The third-order valence-corrected chi connectivity index (χ3v) is 3.57. The summed E-state index contributed by atoms with van der Waals surface area (Å²) in [5.41, 5.74) is 0.180. The number of phenols is 1. The van der Waals surface area contributed by atoms with Crippen LogP contribution < -0.4 is 10.7 Å². The lowest BCUT2D eigenvalue weighted by atomic mass is 10.1. The highest BCUT2D eigenvalue weighted by molar-refractivity contribution is 6.05. The number of phenolic OH excluding ortho intramolecular Hbond substituents is 1. The molecule has 0 radical (unpaired) electrons. The molecule has 3 rings (SSSR count). The predicted molar refractivity (Wildman–Crippen MR) is 85.3 cm³/mol. The van der Waals surface area contributed by atoms with Crippen LogP contribution >= 0.6 is 0 Å². The van der Waals surface area contributed by atoms with Gasteiger partial charge in [0.2, 0.25) is 5.43 Å². The molecule has 0 bridgehead atoms. The summed E-state index contributed by atoms with van der Waals surface area (Å²) in [4.78, 5) is 27.4. The van der Waals surface area contributed by atoms with Gasteiger partial charge in [0, 0.05) is 23.2 Å². The van der Waals surface area contributed by atoms with Crippen LogP contribution in [0.25, 0.3) is 10.9 Å². The number of anilines is 1. The van der Waals surface area contributed by atoms with Crippen LogP contribution in [-0.2, 0) is 0 Å². The lowest BCUT2D eigenvalue weighted by molar-refractivity contribution is 0.102. The number of aromatic amines is 1. The fourth-order valence-corrected chi connectivity index (χ4v) is 2.28. The molecule has 2 aromatic carbocycles. The molecular formula is C17H13FN2O3. The number of H-pyrrole nitrogens is 1. The SMILES string of the molecule is Cc1cc(F)c(NC(=O)c2c[nH]c3ccccc3c2=O)cc1O. The summed E-state index contributed by atoms with van der Waals surface area (Å²) in [7, 11) is 0. The fraction of sp³-hybridized carbons (Fsp3) is 0.0588. The number of para-hydroxylation sites is 1. The average Bonchev–Trinajstić information content (AvgIpc) is 2.53. The highest BCUT2D eigenvalue weighted by Crippen LogP contribution is 2.25. The molecule has 116 valence electrons. The van der Waals surface area contributed by atoms with Crippen molar-refractivity contribution >= 4 is 22.5 Å². The Labute approximate surface area is 130 Å². The summed E-state index contributed by atoms with van der Waals surface area (Å²) >= 11 is 0. The maximum Gasteiger partial charge on any atom is 0.261 e. The van der Waals surface area contributed by atoms with Crippen LogP contribution in [0, 0.1) is 12.7 Å². The molecule has 0 aliphatic rings. The summed E-state index contributed by atoms with van der Waals surface area (Å²) in [5.74, 6) is -1.58. The van der Waals surface area contributed by atoms with Crippen molar-refractivity contribution in [3.63, 3.8) is 0 Å². The van der Waals surface area contributed by atoms with E-state index >= 15 is 0 Å². The van der Waals surface area contributed by atoms with Crippen LogP contribution in [0.4, 0.5) is 10.1 Å². The van der Waals surface area contributed by atoms with E-state index < -0.39 is 17.2 Å². The van der Waals surface area contributed by atoms with Gasteiger partial charge in [-0.2, -0.15) is 0 Å². The van der Waals surface area contributed by atoms with Crippen molar-refractivity contribution in [1.29, 1.82) is 0 Å². The van der Waals surface area contributed by atoms with Crippen LogP contribution in [-0.4, -0.2) is 16.0 Å². The molecule has 0 saturated heterocycles. The zero-order valence-electron chi connectivity index (χ0n) is 12.2. The Morgan fingerprint density at radius 2 is 2.00 bits per heavy atom. The standard InChI is InChI=1S/C17H13FN2O3/c1-9-6-12(18)14(7-15(9)21)20-17(23)11-8-19-13-5-3-2-4-10(13)16(11)22/h2-8,21H,1H3,(H,19,22)(H,20,23). The third-order valence-electron chi connectivity index (χ3n) is 3.57. The average molecular weight is 312 g/mol. The van der Waals surface area contributed by atoms with Crippen molar-refractivity contribution in [3.8, 4) is 5.75 Å². The first-order valence-electron chi connectivity index (χ1n) is 6.88. The molecule has 3 aromatic rings. The molecule has 6 heteroatoms. The number of benzene rings is 2. The van der Waals surface area contributed by atoms with Crippen molar-refractivity contribution in [2.45, 2.75) is 6.92 Å². The second kappa shape index (κ2) is 5.57. The van der Waals surface area contributed by atoms with Crippen LogP contribution in [0.3, 0.4) is 0 Å². The van der Waals surface area contributed by atoms with Crippen molar-refractivity contribution < 1.29 is 14.3 Å². The molecule has 23 heavy (non-hydrogen) atoms. The quantitative estimate of drug-likeness (QED) is 0.680. The van der Waals surface area contributed by atoms with E-state index in [0.717, 1.165) is 12.1 Å². The largest absolute Gasteiger partial charge is 0.508 e. The highest BCUT2D eigenvalue weighted by Gasteiger charge is 2.15. The van der Waals surface area contributed by atoms with E-state index in [2.05, 4.69) is 10.3 Å². The number of aromatic hydroxyl groups is 1. The first-order chi connectivity index (χ1) is 11.0. The molecule has 3 N–H and O–H groups in total. The van der Waals surface area contributed by atoms with Gasteiger partial charge in [-0.05, 0) is 30.7 Å². The normalized spacial score (nSPS) is 10.7. The molecule has 1 amide bonds. The number of carbonyl (C=O) groups excluding carboxylic acids is 1. The number of rotatable bonds is 2. The minimum Gasteiger partial charge on any atom is -0.508 e. The van der Waals surface area contributed by atoms with Gasteiger partial charge in [0.15, 0.2) is 0 Å². The maximum absolute atomic E-state index is 13.8. The smallest absolute Gasteiger partial charge is 0.261 e. The molecule has 0 aliphatic heterocycles. The Kier molecular flexibility index (Phi) is 3.57. The molecule has 5 nitrogen and oxygen atoms in total. The molecule has 0 saturated carbocycles. The number of pyridine rings is 1. The zero-order chi connectivity index (χ0) is 16.6. The molecule has 0 fully saturated rings. The van der Waals surface area contributed by atoms with Crippen molar-refractivity contribution in [2.75, 3.05) is 5.32 Å². The maximum atomic E-state index is 13.8. The number of hydrogen-bond acceptors (Lipinski definition) is 3. The number of aromatic nitrogens is 1. The lowest BCUT2D eigenvalue weighted by Crippen LogP contribution is -2.22. The Bertz CT molecular complexity index is 979. The van der Waals surface area contributed by atoms with Crippen LogP contribution in [0.5, 0.6) is 5.75 Å². The number of carbonyl (C=O) groups is 1. The van der Waals surface area contributed by atoms with Crippen LogP contribution in [0.2, 0.25) is 0 Å². The van der Waals surface area contributed by atoms with Crippen LogP contribution in [0.1, 0.15) is 15.9 Å². The molecule has 0 atom stereocenters. The monoisotopic (exact) mass is 312 g/mol. The third kappa shape index (κ3) is 2.66. The van der Waals surface area contributed by atoms with E-state index in [-0.39, 0.29) is 17.0 Å². The molecule has 1 aromatic heterocycles. The molecule has 0 unspecified atom stereocenters. The van der Waals surface area contributed by atoms with Gasteiger partial charge in [-0.1, -0.05) is 12.1 Å². The minimum absolute atomic E-state index is 0.136. The summed E-state index contributed by atoms with van der Waals surface area (Å²) in [6, 6.07) is 8.99. The summed E-state index contributed by atoms with van der Waals surface area (Å²) < 4.78 is 13.8. The first-order valence-corrected chi connectivity index (χ1v) is 6.88. The second-order valence-electron chi connectivity index (χ2n) is 5.15. The number of amides is 1. The Morgan fingerprint density at radius 3 is 2.78 bits per heavy atom. The Morgan fingerprint density at radius 1 is 1.26 bits per heavy atom. The van der Waals surface area contributed by atoms with Gasteiger partial charge in [-0.3, -0.25) is 9.59 Å². The van der Waals surface area contributed by atoms with Crippen LogP contribution in [0.15, 0.2) is 47.4 Å². The van der Waals surface area contributed by atoms with E-state index in [4.69, 9.17) is 0 Å². The fourth-order valence-electron chi connectivity index (χ4n) is 2.28. The molecular weight excluding hydrogens is 299 g/mol. The number of aryl methyl sites for hydroxylation is 1. The van der Waals surface area contributed by atoms with E-state index in [1.54, 1.807) is 24.3 Å². The summed E-state index contributed by atoms with van der Waals surface area (Å²) in [5, 5.41) is 12.3. The Balaban J connectivity index is 2.00. The van der Waals surface area contributed by atoms with Gasteiger partial charge >= 0.3 is 0 Å². The Hall–Kier alpha value is -3.15. The predicted octanol–water partition coefficient (Wildman–Crippen LogP) is 2.93. The number of hydrogen-bond donors (Lipinski definition) is 3. The molecule has 0 aliphatic carbocycles. The highest BCUT2D eigenvalue weighted by atomic mass is 19.1. The van der Waals surface area contributed by atoms with E-state index in [1.807, 2.05) is 0 Å². The number of nitrogens with one attached hydrogen (secondary N) is 2. The number of halogens is 1. The van der Waals surface area contributed by atoms with E-state index in [9.17, 15) is 19.1 Å². The van der Waals surface area contributed by atoms with Gasteiger partial charge < -0.3 is 15.4 Å². The van der Waals surface area contributed by atoms with Gasteiger partial charge in [-0.15, -0.1) is 0 Å². The topological polar surface area (TPSA) is 82.2 Å². The summed E-state index contributed by atoms with van der Waals surface area (Å²) in [6.07, 6.45) is 1.28. The first kappa shape index (κ1) is 14.8.